The minimum atomic E-state index is -5.15. The Kier molecular flexibility index (Phi) is 9.16. The van der Waals surface area contributed by atoms with Gasteiger partial charge in [-0.05, 0) is 83.9 Å². The van der Waals surface area contributed by atoms with Gasteiger partial charge in [-0.2, -0.15) is 0 Å². The Hall–Kier alpha value is -2.69. The van der Waals surface area contributed by atoms with Crippen LogP contribution in [0.5, 0.6) is 11.5 Å². The van der Waals surface area contributed by atoms with E-state index in [4.69, 9.17) is 18.5 Å². The Morgan fingerprint density at radius 2 is 1.12 bits per heavy atom. The number of rotatable bonds is 6. The van der Waals surface area contributed by atoms with Gasteiger partial charge in [0.1, 0.15) is 34.7 Å². The van der Waals surface area contributed by atoms with Gasteiger partial charge in [0, 0.05) is 20.9 Å². The number of phosphoric ester groups is 1. The van der Waals surface area contributed by atoms with Gasteiger partial charge in [-0.15, -0.1) is 0 Å². The van der Waals surface area contributed by atoms with Crippen LogP contribution >= 0.6 is 31.3 Å². The molecule has 0 N–H and O–H groups in total. The molecule has 2 heterocycles. The van der Waals surface area contributed by atoms with E-state index in [1.807, 2.05) is 0 Å². The monoisotopic (exact) mass is 632 g/mol. The number of ether oxygens (including phenoxy) is 2. The smallest absolute Gasteiger partial charge is 0.736 e. The van der Waals surface area contributed by atoms with Crippen LogP contribution in [0.1, 0.15) is 22.3 Å². The van der Waals surface area contributed by atoms with Gasteiger partial charge in [-0.25, -0.2) is 13.3 Å². The molecule has 0 unspecified atom stereocenters. The van der Waals surface area contributed by atoms with Crippen LogP contribution in [0.3, 0.4) is 0 Å². The average Bonchev–Trinajstić information content (AvgIpc) is 3.19. The fourth-order valence-electron chi connectivity index (χ4n) is 4.47. The molecule has 208 valence electrons. The SMILES string of the molecule is COc1cccc2c1Sc1ccc(F)cc1C=C2OP(=O)([O-])OC1=Cc2cc(F)ccc2Sc2c(OC)cccc21.[Na+]. The minimum absolute atomic E-state index is 0. The van der Waals surface area contributed by atoms with Gasteiger partial charge in [0.05, 0.1) is 24.0 Å². The third kappa shape index (κ3) is 6.17. The van der Waals surface area contributed by atoms with Crippen molar-refractivity contribution in [3.63, 3.8) is 0 Å². The van der Waals surface area contributed by atoms with Crippen LogP contribution in [-0.2, 0) is 13.6 Å². The number of phosphoric acid groups is 1. The number of fused-ring (bicyclic) bond motifs is 4. The fourth-order valence-corrected chi connectivity index (χ4v) is 7.54. The molecule has 0 radical (unpaired) electrons. The summed E-state index contributed by atoms with van der Waals surface area (Å²) in [5, 5.41) is 0. The summed E-state index contributed by atoms with van der Waals surface area (Å²) in [6.45, 7) is 0. The van der Waals surface area contributed by atoms with Crippen molar-refractivity contribution in [1.82, 2.24) is 0 Å². The first-order valence-electron chi connectivity index (χ1n) is 12.2. The van der Waals surface area contributed by atoms with E-state index >= 15 is 0 Å². The van der Waals surface area contributed by atoms with Crippen LogP contribution in [-0.4, -0.2) is 14.2 Å². The average molecular weight is 633 g/mol. The molecule has 4 aromatic rings. The largest absolute Gasteiger partial charge is 1.00 e. The standard InChI is InChI=1S/C30H21F2O6PS2.Na/c1-35-23-7-3-5-21-25(15-17-13-19(31)9-11-27(17)40-29(21)23)37-39(33,34)38-26-16-18-14-20(32)10-12-28(18)41-30-22(26)6-4-8-24(30)36-2;/h3-16H,1-2H3,(H,33,34);/q;+1/p-1. The molecule has 0 spiro atoms. The van der Waals surface area contributed by atoms with Crippen molar-refractivity contribution in [1.29, 1.82) is 0 Å². The summed E-state index contributed by atoms with van der Waals surface area (Å²) in [6.07, 6.45) is 2.90. The van der Waals surface area contributed by atoms with Gasteiger partial charge in [-0.3, -0.25) is 0 Å². The van der Waals surface area contributed by atoms with E-state index < -0.39 is 19.5 Å². The van der Waals surface area contributed by atoms with E-state index in [2.05, 4.69) is 0 Å². The molecule has 0 saturated carbocycles. The predicted octanol–water partition coefficient (Wildman–Crippen LogP) is 5.11. The molecule has 0 fully saturated rings. The zero-order valence-corrected chi connectivity index (χ0v) is 27.1. The number of methoxy groups -OCH3 is 2. The van der Waals surface area contributed by atoms with Gasteiger partial charge in [0.25, 0.3) is 0 Å². The van der Waals surface area contributed by atoms with Gasteiger partial charge in [0.2, 0.25) is 0 Å². The first kappa shape index (κ1) is 30.8. The topological polar surface area (TPSA) is 77.1 Å². The summed E-state index contributed by atoms with van der Waals surface area (Å²) in [5.74, 6) is -0.146. The molecule has 12 heteroatoms. The molecule has 0 aliphatic carbocycles. The van der Waals surface area contributed by atoms with E-state index in [9.17, 15) is 18.2 Å². The third-order valence-corrected chi connectivity index (χ3v) is 9.56. The molecule has 4 aromatic carbocycles. The second kappa shape index (κ2) is 12.5. The summed E-state index contributed by atoms with van der Waals surface area (Å²) < 4.78 is 64.1. The molecule has 0 bridgehead atoms. The van der Waals surface area contributed by atoms with E-state index in [0.717, 1.165) is 0 Å². The zero-order valence-electron chi connectivity index (χ0n) is 22.6. The Balaban J connectivity index is 0.00000353. The van der Waals surface area contributed by atoms with Crippen molar-refractivity contribution in [2.45, 2.75) is 19.6 Å². The minimum Gasteiger partial charge on any atom is -0.736 e. The van der Waals surface area contributed by atoms with Gasteiger partial charge in [-0.1, -0.05) is 35.7 Å². The Labute approximate surface area is 271 Å². The van der Waals surface area contributed by atoms with Gasteiger partial charge in [0.15, 0.2) is 0 Å². The normalized spacial score (nSPS) is 13.4. The molecular formula is C30H20F2NaO6PS2. The first-order valence-corrected chi connectivity index (χ1v) is 15.3. The van der Waals surface area contributed by atoms with Gasteiger partial charge >= 0.3 is 37.4 Å². The van der Waals surface area contributed by atoms with Crippen LogP contribution in [0.25, 0.3) is 23.7 Å². The van der Waals surface area contributed by atoms with Crippen molar-refractivity contribution < 1.29 is 66.3 Å². The van der Waals surface area contributed by atoms with Crippen molar-refractivity contribution >= 4 is 55.0 Å². The second-order valence-corrected chi connectivity index (χ2v) is 12.3. The molecule has 0 atom stereocenters. The van der Waals surface area contributed by atoms with E-state index in [-0.39, 0.29) is 41.1 Å². The van der Waals surface area contributed by atoms with E-state index in [1.165, 1.54) is 74.2 Å². The summed E-state index contributed by atoms with van der Waals surface area (Å²) in [6, 6.07) is 18.7. The van der Waals surface area contributed by atoms with Crippen molar-refractivity contribution in [3.05, 3.63) is 107 Å². The van der Waals surface area contributed by atoms with Crippen LogP contribution < -0.4 is 43.9 Å². The molecular weight excluding hydrogens is 612 g/mol. The quantitative estimate of drug-likeness (QED) is 0.215. The summed E-state index contributed by atoms with van der Waals surface area (Å²) >= 11 is 2.60. The maximum Gasteiger partial charge on any atom is 1.00 e. The van der Waals surface area contributed by atoms with Gasteiger partial charge < -0.3 is 23.4 Å². The molecule has 0 saturated heterocycles. The van der Waals surface area contributed by atoms with Crippen LogP contribution in [0.15, 0.2) is 92.4 Å². The Bertz CT molecular complexity index is 1690. The molecule has 0 aromatic heterocycles. The molecule has 2 aliphatic rings. The van der Waals surface area contributed by atoms with Crippen LogP contribution in [0.4, 0.5) is 8.78 Å². The predicted molar refractivity (Wildman–Crippen MR) is 153 cm³/mol. The van der Waals surface area contributed by atoms with Crippen LogP contribution in [0.2, 0.25) is 0 Å². The summed E-state index contributed by atoms with van der Waals surface area (Å²) in [7, 11) is -2.15. The molecule has 6 nitrogen and oxygen atoms in total. The number of hydrogen-bond donors (Lipinski definition) is 0. The third-order valence-electron chi connectivity index (χ3n) is 6.29. The summed E-state index contributed by atoms with van der Waals surface area (Å²) in [4.78, 5) is 16.1. The van der Waals surface area contributed by atoms with Crippen molar-refractivity contribution in [2.75, 3.05) is 14.2 Å². The molecule has 6 rings (SSSR count). The summed E-state index contributed by atoms with van der Waals surface area (Å²) in [5.41, 5.74) is 1.69. The number of benzene rings is 4. The zero-order chi connectivity index (χ0) is 28.7. The van der Waals surface area contributed by atoms with E-state index in [0.29, 0.717) is 53.3 Å². The molecule has 42 heavy (non-hydrogen) atoms. The Morgan fingerprint density at radius 3 is 1.52 bits per heavy atom. The number of halogens is 2. The molecule has 0 amide bonds. The maximum absolute atomic E-state index is 14.2. The number of hydrogen-bond acceptors (Lipinski definition) is 8. The maximum atomic E-state index is 14.2. The van der Waals surface area contributed by atoms with E-state index in [1.54, 1.807) is 48.5 Å². The Morgan fingerprint density at radius 1 is 0.690 bits per heavy atom. The second-order valence-electron chi connectivity index (χ2n) is 8.89. The fraction of sp³-hybridized carbons (Fsp3) is 0.0667. The van der Waals surface area contributed by atoms with Crippen LogP contribution in [0, 0.1) is 11.6 Å². The van der Waals surface area contributed by atoms with Crippen molar-refractivity contribution in [2.24, 2.45) is 0 Å². The van der Waals surface area contributed by atoms with Crippen molar-refractivity contribution in [3.8, 4) is 11.5 Å². The molecule has 2 aliphatic heterocycles. The first-order chi connectivity index (χ1) is 19.7.